The van der Waals surface area contributed by atoms with Gasteiger partial charge in [0.2, 0.25) is 0 Å². The average Bonchev–Trinajstić information content (AvgIpc) is 2.97. The second-order valence-electron chi connectivity index (χ2n) is 4.05. The summed E-state index contributed by atoms with van der Waals surface area (Å²) in [7, 11) is -3.69. The quantitative estimate of drug-likeness (QED) is 0.816. The van der Waals surface area contributed by atoms with Crippen LogP contribution in [0.5, 0.6) is 11.5 Å². The number of aromatic amines is 1. The normalized spacial score (nSPS) is 11.1. The number of ether oxygens (including phenoxy) is 2. The Bertz CT molecular complexity index is 683. The number of hydrogen-bond donors (Lipinski definition) is 2. The fraction of sp³-hybridized carbons (Fsp3) is 0.308. The van der Waals surface area contributed by atoms with Crippen molar-refractivity contribution in [2.75, 3.05) is 17.9 Å². The minimum atomic E-state index is -3.69. The maximum absolute atomic E-state index is 12.1. The summed E-state index contributed by atoms with van der Waals surface area (Å²) in [6.07, 6.45) is 1.37. The Morgan fingerprint density at radius 3 is 2.48 bits per heavy atom. The van der Waals surface area contributed by atoms with Gasteiger partial charge in [-0.25, -0.2) is 0 Å². The topological polar surface area (TPSA) is 93.3 Å². The van der Waals surface area contributed by atoms with Crippen LogP contribution in [-0.2, 0) is 10.0 Å². The van der Waals surface area contributed by atoms with E-state index in [1.54, 1.807) is 18.2 Å². The van der Waals surface area contributed by atoms with Crippen molar-refractivity contribution in [2.45, 2.75) is 18.9 Å². The van der Waals surface area contributed by atoms with E-state index in [-0.39, 0.29) is 5.03 Å². The van der Waals surface area contributed by atoms with E-state index in [9.17, 15) is 8.42 Å². The number of aromatic nitrogens is 2. The fourth-order valence-corrected chi connectivity index (χ4v) is 2.68. The van der Waals surface area contributed by atoms with Crippen molar-refractivity contribution in [3.05, 3.63) is 30.5 Å². The molecule has 114 valence electrons. The third-order valence-corrected chi connectivity index (χ3v) is 3.87. The first-order valence-corrected chi connectivity index (χ1v) is 7.97. The second kappa shape index (κ2) is 6.49. The van der Waals surface area contributed by atoms with Crippen LogP contribution in [0.3, 0.4) is 0 Å². The molecule has 2 N–H and O–H groups in total. The zero-order valence-electron chi connectivity index (χ0n) is 11.8. The van der Waals surface area contributed by atoms with Crippen molar-refractivity contribution in [2.24, 2.45) is 0 Å². The van der Waals surface area contributed by atoms with Crippen molar-refractivity contribution in [1.82, 2.24) is 10.2 Å². The average molecular weight is 311 g/mol. The van der Waals surface area contributed by atoms with Gasteiger partial charge in [0.25, 0.3) is 10.0 Å². The lowest BCUT2D eigenvalue weighted by Gasteiger charge is -2.13. The molecule has 0 fully saturated rings. The minimum absolute atomic E-state index is 0.00524. The molecule has 0 bridgehead atoms. The molecule has 8 heteroatoms. The Hall–Kier alpha value is -2.22. The Morgan fingerprint density at radius 2 is 1.86 bits per heavy atom. The number of hydrogen-bond acceptors (Lipinski definition) is 5. The molecule has 1 aromatic carbocycles. The zero-order valence-corrected chi connectivity index (χ0v) is 12.6. The van der Waals surface area contributed by atoms with E-state index >= 15 is 0 Å². The number of anilines is 1. The molecule has 0 aliphatic rings. The van der Waals surface area contributed by atoms with Crippen LogP contribution in [0.4, 0.5) is 5.69 Å². The number of nitrogens with zero attached hydrogens (tertiary/aromatic N) is 1. The first-order chi connectivity index (χ1) is 10.1. The second-order valence-corrected chi connectivity index (χ2v) is 5.70. The van der Waals surface area contributed by atoms with Crippen molar-refractivity contribution in [3.63, 3.8) is 0 Å². The van der Waals surface area contributed by atoms with Crippen molar-refractivity contribution in [3.8, 4) is 11.5 Å². The van der Waals surface area contributed by atoms with Crippen LogP contribution < -0.4 is 14.2 Å². The summed E-state index contributed by atoms with van der Waals surface area (Å²) in [6.45, 7) is 4.66. The SMILES string of the molecule is CCOc1ccc(NS(=O)(=O)c2ccn[nH]2)cc1OCC. The Balaban J connectivity index is 2.26. The molecule has 0 aliphatic heterocycles. The first kappa shape index (κ1) is 15.2. The maximum Gasteiger partial charge on any atom is 0.278 e. The van der Waals surface area contributed by atoms with E-state index in [2.05, 4.69) is 14.9 Å². The monoisotopic (exact) mass is 311 g/mol. The Kier molecular flexibility index (Phi) is 4.69. The lowest BCUT2D eigenvalue weighted by Crippen LogP contribution is -2.13. The van der Waals surface area contributed by atoms with Gasteiger partial charge in [-0.3, -0.25) is 9.82 Å². The summed E-state index contributed by atoms with van der Waals surface area (Å²) in [5.41, 5.74) is 0.386. The van der Waals surface area contributed by atoms with Crippen LogP contribution in [0.2, 0.25) is 0 Å². The summed E-state index contributed by atoms with van der Waals surface area (Å²) < 4.78 is 37.5. The number of sulfonamides is 1. The van der Waals surface area contributed by atoms with Gasteiger partial charge in [0.15, 0.2) is 16.5 Å². The van der Waals surface area contributed by atoms with Gasteiger partial charge in [-0.2, -0.15) is 13.5 Å². The van der Waals surface area contributed by atoms with Gasteiger partial charge in [0.1, 0.15) is 0 Å². The highest BCUT2D eigenvalue weighted by Gasteiger charge is 2.16. The number of H-pyrrole nitrogens is 1. The molecule has 0 atom stereocenters. The highest BCUT2D eigenvalue weighted by atomic mass is 32.2. The molecule has 7 nitrogen and oxygen atoms in total. The van der Waals surface area contributed by atoms with Gasteiger partial charge in [-0.1, -0.05) is 0 Å². The highest BCUT2D eigenvalue weighted by Crippen LogP contribution is 2.31. The van der Waals surface area contributed by atoms with Gasteiger partial charge in [0, 0.05) is 6.07 Å². The predicted octanol–water partition coefficient (Wildman–Crippen LogP) is 2.01. The molecule has 0 spiro atoms. The minimum Gasteiger partial charge on any atom is -0.490 e. The molecule has 1 aromatic heterocycles. The summed E-state index contributed by atoms with van der Waals surface area (Å²) in [5, 5.41) is 6.03. The molecule has 0 saturated heterocycles. The van der Waals surface area contributed by atoms with Gasteiger partial charge in [-0.15, -0.1) is 0 Å². The Morgan fingerprint density at radius 1 is 1.14 bits per heavy atom. The van der Waals surface area contributed by atoms with E-state index in [0.717, 1.165) is 0 Å². The van der Waals surface area contributed by atoms with Gasteiger partial charge in [0.05, 0.1) is 25.1 Å². The Labute approximate surface area is 123 Å². The standard InChI is InChI=1S/C13H17N3O4S/c1-3-19-11-6-5-10(9-12(11)20-4-2)16-21(17,18)13-7-8-14-15-13/h5-9,16H,3-4H2,1-2H3,(H,14,15). The van der Waals surface area contributed by atoms with Crippen LogP contribution in [-0.4, -0.2) is 31.8 Å². The van der Waals surface area contributed by atoms with Crippen LogP contribution in [0.1, 0.15) is 13.8 Å². The largest absolute Gasteiger partial charge is 0.490 e. The number of benzene rings is 1. The van der Waals surface area contributed by atoms with Crippen LogP contribution in [0.15, 0.2) is 35.5 Å². The van der Waals surface area contributed by atoms with Crippen LogP contribution >= 0.6 is 0 Å². The molecule has 0 aliphatic carbocycles. The smallest absolute Gasteiger partial charge is 0.278 e. The fourth-order valence-electron chi connectivity index (χ4n) is 1.72. The number of nitrogens with one attached hydrogen (secondary N) is 2. The molecule has 0 radical (unpaired) electrons. The van der Waals surface area contributed by atoms with Crippen LogP contribution in [0, 0.1) is 0 Å². The molecule has 0 amide bonds. The molecular formula is C13H17N3O4S. The summed E-state index contributed by atoms with van der Waals surface area (Å²) in [6, 6.07) is 6.24. The van der Waals surface area contributed by atoms with Gasteiger partial charge >= 0.3 is 0 Å². The number of rotatable bonds is 7. The van der Waals surface area contributed by atoms with E-state index in [1.165, 1.54) is 12.3 Å². The van der Waals surface area contributed by atoms with E-state index < -0.39 is 10.0 Å². The molecule has 1 heterocycles. The van der Waals surface area contributed by atoms with Gasteiger partial charge in [-0.05, 0) is 32.0 Å². The molecule has 0 unspecified atom stereocenters. The molecular weight excluding hydrogens is 294 g/mol. The summed E-state index contributed by atoms with van der Waals surface area (Å²) >= 11 is 0. The summed E-state index contributed by atoms with van der Waals surface area (Å²) in [4.78, 5) is 0. The maximum atomic E-state index is 12.1. The predicted molar refractivity (Wildman–Crippen MR) is 78.2 cm³/mol. The molecule has 0 saturated carbocycles. The van der Waals surface area contributed by atoms with Crippen molar-refractivity contribution >= 4 is 15.7 Å². The highest BCUT2D eigenvalue weighted by molar-refractivity contribution is 7.92. The zero-order chi connectivity index (χ0) is 15.3. The van der Waals surface area contributed by atoms with E-state index in [0.29, 0.717) is 30.4 Å². The van der Waals surface area contributed by atoms with Crippen molar-refractivity contribution < 1.29 is 17.9 Å². The molecule has 2 rings (SSSR count). The van der Waals surface area contributed by atoms with Gasteiger partial charge < -0.3 is 9.47 Å². The van der Waals surface area contributed by atoms with Crippen molar-refractivity contribution in [1.29, 1.82) is 0 Å². The molecule has 2 aromatic rings. The lowest BCUT2D eigenvalue weighted by atomic mass is 10.3. The molecule has 21 heavy (non-hydrogen) atoms. The lowest BCUT2D eigenvalue weighted by molar-refractivity contribution is 0.288. The van der Waals surface area contributed by atoms with E-state index in [1.807, 2.05) is 13.8 Å². The van der Waals surface area contributed by atoms with E-state index in [4.69, 9.17) is 9.47 Å². The third-order valence-electron chi connectivity index (χ3n) is 2.56. The third kappa shape index (κ3) is 3.66. The summed E-state index contributed by atoms with van der Waals surface area (Å²) in [5.74, 6) is 1.06. The van der Waals surface area contributed by atoms with Crippen LogP contribution in [0.25, 0.3) is 0 Å². The first-order valence-electron chi connectivity index (χ1n) is 6.48.